The summed E-state index contributed by atoms with van der Waals surface area (Å²) in [7, 11) is 0. The Labute approximate surface area is 109 Å². The van der Waals surface area contributed by atoms with Gasteiger partial charge in [-0.05, 0) is 13.0 Å². The average molecular weight is 259 g/mol. The quantitative estimate of drug-likeness (QED) is 0.730. The van der Waals surface area contributed by atoms with E-state index in [1.54, 1.807) is 10.6 Å². The Balaban J connectivity index is 2.26. The Morgan fingerprint density at radius 3 is 2.78 bits per heavy atom. The highest BCUT2D eigenvalue weighted by Crippen LogP contribution is 2.27. The molecule has 0 amide bonds. The van der Waals surface area contributed by atoms with Crippen molar-refractivity contribution in [1.82, 2.24) is 14.6 Å². The molecule has 1 aromatic carbocycles. The van der Waals surface area contributed by atoms with Gasteiger partial charge in [0.05, 0.1) is 10.7 Å². The molecule has 0 unspecified atom stereocenters. The van der Waals surface area contributed by atoms with E-state index in [1.807, 2.05) is 37.3 Å². The molecule has 2 N–H and O–H groups in total. The standard InChI is InChI=1S/C13H11ClN4/c1-8-6-12(15)18-13(16-8)7-11(17-18)9-4-2-3-5-10(9)14/h2-7H,15H2,1H3. The predicted octanol–water partition coefficient (Wildman–Crippen LogP) is 2.94. The van der Waals surface area contributed by atoms with Crippen LogP contribution in [0.2, 0.25) is 5.02 Å². The van der Waals surface area contributed by atoms with Crippen LogP contribution in [0.15, 0.2) is 36.4 Å². The number of rotatable bonds is 1. The molecular weight excluding hydrogens is 248 g/mol. The molecule has 0 spiro atoms. The number of anilines is 1. The van der Waals surface area contributed by atoms with Gasteiger partial charge in [0.1, 0.15) is 5.82 Å². The summed E-state index contributed by atoms with van der Waals surface area (Å²) in [6.07, 6.45) is 0. The fraction of sp³-hybridized carbons (Fsp3) is 0.0769. The zero-order chi connectivity index (χ0) is 12.7. The molecule has 0 saturated heterocycles. The minimum absolute atomic E-state index is 0.566. The maximum absolute atomic E-state index is 6.16. The largest absolute Gasteiger partial charge is 0.384 e. The van der Waals surface area contributed by atoms with E-state index in [0.29, 0.717) is 10.8 Å². The summed E-state index contributed by atoms with van der Waals surface area (Å²) >= 11 is 6.16. The number of benzene rings is 1. The van der Waals surface area contributed by atoms with Gasteiger partial charge in [-0.3, -0.25) is 0 Å². The average Bonchev–Trinajstić information content (AvgIpc) is 2.73. The number of fused-ring (bicyclic) bond motifs is 1. The second kappa shape index (κ2) is 3.99. The molecule has 3 aromatic rings. The zero-order valence-corrected chi connectivity index (χ0v) is 10.5. The van der Waals surface area contributed by atoms with Crippen LogP contribution in [0.25, 0.3) is 16.9 Å². The highest BCUT2D eigenvalue weighted by Gasteiger charge is 2.10. The Bertz CT molecular complexity index is 733. The summed E-state index contributed by atoms with van der Waals surface area (Å²) in [6, 6.07) is 11.2. The number of aryl methyl sites for hydroxylation is 1. The maximum atomic E-state index is 6.16. The van der Waals surface area contributed by atoms with Crippen LogP contribution >= 0.6 is 11.6 Å². The second-order valence-corrected chi connectivity index (χ2v) is 4.51. The maximum Gasteiger partial charge on any atom is 0.158 e. The highest BCUT2D eigenvalue weighted by molar-refractivity contribution is 6.33. The molecule has 2 aromatic heterocycles. The molecule has 0 fully saturated rings. The van der Waals surface area contributed by atoms with E-state index in [0.717, 1.165) is 22.6 Å². The van der Waals surface area contributed by atoms with Crippen molar-refractivity contribution in [3.8, 4) is 11.3 Å². The first kappa shape index (κ1) is 11.0. The van der Waals surface area contributed by atoms with Crippen molar-refractivity contribution in [2.24, 2.45) is 0 Å². The van der Waals surface area contributed by atoms with Gasteiger partial charge in [-0.2, -0.15) is 9.61 Å². The summed E-state index contributed by atoms with van der Waals surface area (Å²) in [5, 5.41) is 5.09. The van der Waals surface area contributed by atoms with E-state index in [-0.39, 0.29) is 0 Å². The van der Waals surface area contributed by atoms with Crippen LogP contribution in [0.3, 0.4) is 0 Å². The molecule has 90 valence electrons. The van der Waals surface area contributed by atoms with Crippen molar-refractivity contribution in [3.05, 3.63) is 47.1 Å². The third kappa shape index (κ3) is 1.71. The monoisotopic (exact) mass is 258 g/mol. The molecule has 0 atom stereocenters. The SMILES string of the molecule is Cc1cc(N)n2nc(-c3ccccc3Cl)cc2n1. The lowest BCUT2D eigenvalue weighted by molar-refractivity contribution is 0.946. The van der Waals surface area contributed by atoms with Gasteiger partial charge >= 0.3 is 0 Å². The molecule has 0 aliphatic rings. The van der Waals surface area contributed by atoms with Gasteiger partial charge in [0, 0.05) is 23.4 Å². The number of nitrogens with zero attached hydrogens (tertiary/aromatic N) is 3. The molecule has 3 rings (SSSR count). The number of nitrogens with two attached hydrogens (primary N) is 1. The zero-order valence-electron chi connectivity index (χ0n) is 9.76. The molecule has 2 heterocycles. The van der Waals surface area contributed by atoms with Crippen LogP contribution in [0.1, 0.15) is 5.69 Å². The van der Waals surface area contributed by atoms with Crippen LogP contribution < -0.4 is 5.73 Å². The molecule has 0 bridgehead atoms. The third-order valence-corrected chi connectivity index (χ3v) is 3.06. The Morgan fingerprint density at radius 1 is 1.22 bits per heavy atom. The molecule has 0 radical (unpaired) electrons. The lowest BCUT2D eigenvalue weighted by Gasteiger charge is -1.99. The van der Waals surface area contributed by atoms with E-state index in [9.17, 15) is 0 Å². The van der Waals surface area contributed by atoms with E-state index < -0.39 is 0 Å². The first-order chi connectivity index (χ1) is 8.65. The van der Waals surface area contributed by atoms with E-state index >= 15 is 0 Å². The topological polar surface area (TPSA) is 56.2 Å². The van der Waals surface area contributed by atoms with E-state index in [2.05, 4.69) is 10.1 Å². The second-order valence-electron chi connectivity index (χ2n) is 4.10. The lowest BCUT2D eigenvalue weighted by Crippen LogP contribution is -2.00. The van der Waals surface area contributed by atoms with Crippen molar-refractivity contribution in [3.63, 3.8) is 0 Å². The first-order valence-corrected chi connectivity index (χ1v) is 5.91. The van der Waals surface area contributed by atoms with Crippen LogP contribution in [-0.4, -0.2) is 14.6 Å². The first-order valence-electron chi connectivity index (χ1n) is 5.53. The summed E-state index contributed by atoms with van der Waals surface area (Å²) in [5.41, 5.74) is 9.15. The van der Waals surface area contributed by atoms with Gasteiger partial charge in [-0.1, -0.05) is 29.8 Å². The minimum atomic E-state index is 0.566. The van der Waals surface area contributed by atoms with Crippen LogP contribution in [-0.2, 0) is 0 Å². The molecule has 5 heteroatoms. The Hall–Kier alpha value is -2.07. The summed E-state index contributed by atoms with van der Waals surface area (Å²) < 4.78 is 1.62. The van der Waals surface area contributed by atoms with Crippen molar-refractivity contribution in [2.45, 2.75) is 6.92 Å². The molecule has 0 aliphatic heterocycles. The van der Waals surface area contributed by atoms with Gasteiger partial charge in [-0.25, -0.2) is 4.98 Å². The Morgan fingerprint density at radius 2 is 2.00 bits per heavy atom. The number of halogens is 1. The highest BCUT2D eigenvalue weighted by atomic mass is 35.5. The minimum Gasteiger partial charge on any atom is -0.384 e. The van der Waals surface area contributed by atoms with Crippen molar-refractivity contribution in [1.29, 1.82) is 0 Å². The molecule has 0 aliphatic carbocycles. The van der Waals surface area contributed by atoms with Crippen molar-refractivity contribution < 1.29 is 0 Å². The van der Waals surface area contributed by atoms with Gasteiger partial charge in [0.25, 0.3) is 0 Å². The predicted molar refractivity (Wildman–Crippen MR) is 72.6 cm³/mol. The smallest absolute Gasteiger partial charge is 0.158 e. The molecule has 18 heavy (non-hydrogen) atoms. The number of nitrogen functional groups attached to an aromatic ring is 1. The third-order valence-electron chi connectivity index (χ3n) is 2.73. The van der Waals surface area contributed by atoms with E-state index in [1.165, 1.54) is 0 Å². The summed E-state index contributed by atoms with van der Waals surface area (Å²) in [6.45, 7) is 1.90. The molecule has 0 saturated carbocycles. The van der Waals surface area contributed by atoms with Crippen LogP contribution in [0.4, 0.5) is 5.82 Å². The molecular formula is C13H11ClN4. The van der Waals surface area contributed by atoms with Gasteiger partial charge in [-0.15, -0.1) is 0 Å². The number of hydrogen-bond donors (Lipinski definition) is 1. The number of hydrogen-bond acceptors (Lipinski definition) is 3. The van der Waals surface area contributed by atoms with Gasteiger partial charge in [0.2, 0.25) is 0 Å². The fourth-order valence-electron chi connectivity index (χ4n) is 1.93. The van der Waals surface area contributed by atoms with Crippen molar-refractivity contribution >= 4 is 23.1 Å². The number of aromatic nitrogens is 3. The van der Waals surface area contributed by atoms with Crippen molar-refractivity contribution in [2.75, 3.05) is 5.73 Å². The Kier molecular flexibility index (Phi) is 2.45. The van der Waals surface area contributed by atoms with E-state index in [4.69, 9.17) is 17.3 Å². The molecule has 4 nitrogen and oxygen atoms in total. The summed E-state index contributed by atoms with van der Waals surface area (Å²) in [4.78, 5) is 4.39. The normalized spacial score (nSPS) is 11.0. The van der Waals surface area contributed by atoms with Gasteiger partial charge in [0.15, 0.2) is 5.65 Å². The lowest BCUT2D eigenvalue weighted by atomic mass is 10.1. The van der Waals surface area contributed by atoms with Crippen LogP contribution in [0, 0.1) is 6.92 Å². The summed E-state index contributed by atoms with van der Waals surface area (Å²) in [5.74, 6) is 0.566. The fourth-order valence-corrected chi connectivity index (χ4v) is 2.16. The van der Waals surface area contributed by atoms with Gasteiger partial charge < -0.3 is 5.73 Å². The van der Waals surface area contributed by atoms with Crippen LogP contribution in [0.5, 0.6) is 0 Å².